The first-order chi connectivity index (χ1) is 4.83. The lowest BCUT2D eigenvalue weighted by molar-refractivity contribution is -0.111. The fourth-order valence-corrected chi connectivity index (χ4v) is 0.435. The molecule has 0 aliphatic heterocycles. The van der Waals surface area contributed by atoms with Gasteiger partial charge >= 0.3 is 10.1 Å². The minimum Gasteiger partial charge on any atom is -0.293 e. The predicted molar refractivity (Wildman–Crippen MR) is 39.7 cm³/mol. The van der Waals surface area contributed by atoms with Crippen LogP contribution in [0.15, 0.2) is 5.16 Å². The molecule has 0 aliphatic carbocycles. The summed E-state index contributed by atoms with van der Waals surface area (Å²) in [6.45, 7) is 2.64. The van der Waals surface area contributed by atoms with E-state index < -0.39 is 10.1 Å². The molecule has 0 aromatic rings. The zero-order valence-corrected chi connectivity index (χ0v) is 7.30. The Morgan fingerprint density at radius 2 is 1.82 bits per heavy atom. The first-order valence-corrected chi connectivity index (χ1v) is 4.59. The van der Waals surface area contributed by atoms with Crippen LogP contribution in [-0.4, -0.2) is 26.2 Å². The zero-order chi connectivity index (χ0) is 9.07. The maximum atomic E-state index is 10.5. The van der Waals surface area contributed by atoms with Crippen molar-refractivity contribution in [2.75, 3.05) is 6.26 Å². The molecule has 0 aromatic heterocycles. The fourth-order valence-electron chi connectivity index (χ4n) is 0.188. The zero-order valence-electron chi connectivity index (χ0n) is 6.49. The Morgan fingerprint density at radius 3 is 2.09 bits per heavy atom. The van der Waals surface area contributed by atoms with Crippen molar-refractivity contribution >= 4 is 21.6 Å². The van der Waals surface area contributed by atoms with Crippen LogP contribution in [0.1, 0.15) is 13.8 Å². The number of oxime groups is 1. The van der Waals surface area contributed by atoms with Crippen molar-refractivity contribution in [2.24, 2.45) is 5.16 Å². The molecule has 0 spiro atoms. The maximum absolute atomic E-state index is 10.5. The van der Waals surface area contributed by atoms with E-state index in [0.717, 1.165) is 6.26 Å². The van der Waals surface area contributed by atoms with Gasteiger partial charge in [0.15, 0.2) is 5.78 Å². The highest BCUT2D eigenvalue weighted by Crippen LogP contribution is 1.89. The number of ketones is 1. The molecule has 0 saturated carbocycles. The predicted octanol–water partition coefficient (Wildman–Crippen LogP) is -0.0725. The van der Waals surface area contributed by atoms with Gasteiger partial charge < -0.3 is 0 Å². The second-order valence-electron chi connectivity index (χ2n) is 2.01. The highest BCUT2D eigenvalue weighted by molar-refractivity contribution is 7.85. The number of Topliss-reactive ketones (excluding diaryl/α,β-unsaturated/α-hetero) is 1. The van der Waals surface area contributed by atoms with Gasteiger partial charge in [-0.1, -0.05) is 5.16 Å². The van der Waals surface area contributed by atoms with Crippen molar-refractivity contribution in [1.82, 2.24) is 0 Å². The third-order valence-electron chi connectivity index (χ3n) is 0.819. The summed E-state index contributed by atoms with van der Waals surface area (Å²) in [4.78, 5) is 10.5. The molecule has 0 heterocycles. The highest BCUT2D eigenvalue weighted by atomic mass is 32.2. The van der Waals surface area contributed by atoms with E-state index in [-0.39, 0.29) is 11.5 Å². The number of carbonyl (C=O) groups excluding carboxylic acids is 1. The lowest BCUT2D eigenvalue weighted by Gasteiger charge is -1.93. The van der Waals surface area contributed by atoms with Crippen LogP contribution < -0.4 is 0 Å². The summed E-state index contributed by atoms with van der Waals surface area (Å²) >= 11 is 0. The minimum atomic E-state index is -3.59. The van der Waals surface area contributed by atoms with Gasteiger partial charge in [0.2, 0.25) is 0 Å². The van der Waals surface area contributed by atoms with Crippen molar-refractivity contribution in [3.05, 3.63) is 0 Å². The lowest BCUT2D eigenvalue weighted by Crippen LogP contribution is -2.07. The molecule has 0 aliphatic rings. The summed E-state index contributed by atoms with van der Waals surface area (Å²) in [5.41, 5.74) is 0.0235. The average molecular weight is 179 g/mol. The Hall–Kier alpha value is -0.910. The molecule has 0 amide bonds. The van der Waals surface area contributed by atoms with Crippen molar-refractivity contribution in [3.63, 3.8) is 0 Å². The van der Waals surface area contributed by atoms with Crippen LogP contribution >= 0.6 is 0 Å². The smallest absolute Gasteiger partial charge is 0.293 e. The number of hydrogen-bond acceptors (Lipinski definition) is 5. The molecular formula is C5H9NO4S. The fraction of sp³-hybridized carbons (Fsp3) is 0.600. The van der Waals surface area contributed by atoms with Crippen molar-refractivity contribution in [1.29, 1.82) is 0 Å². The Balaban J connectivity index is 4.27. The van der Waals surface area contributed by atoms with Crippen LogP contribution in [0, 0.1) is 0 Å². The molecule has 0 atom stereocenters. The van der Waals surface area contributed by atoms with Crippen LogP contribution in [0.25, 0.3) is 0 Å². The normalized spacial score (nSPS) is 12.8. The van der Waals surface area contributed by atoms with Gasteiger partial charge in [-0.05, 0) is 6.92 Å². The van der Waals surface area contributed by atoms with Gasteiger partial charge in [0, 0.05) is 6.92 Å². The van der Waals surface area contributed by atoms with Gasteiger partial charge in [0.05, 0.1) is 6.26 Å². The van der Waals surface area contributed by atoms with Gasteiger partial charge in [0.1, 0.15) is 5.71 Å². The number of hydrogen-bond donors (Lipinski definition) is 0. The van der Waals surface area contributed by atoms with Gasteiger partial charge in [-0.25, -0.2) is 0 Å². The first kappa shape index (κ1) is 10.1. The van der Waals surface area contributed by atoms with Crippen LogP contribution in [0.3, 0.4) is 0 Å². The molecule has 11 heavy (non-hydrogen) atoms. The van der Waals surface area contributed by atoms with Crippen LogP contribution in [0.4, 0.5) is 0 Å². The Labute approximate surface area is 65.2 Å². The molecule has 0 unspecified atom stereocenters. The summed E-state index contributed by atoms with van der Waals surface area (Å²) in [6.07, 6.45) is 0.851. The lowest BCUT2D eigenvalue weighted by atomic mass is 10.3. The molecule has 5 nitrogen and oxygen atoms in total. The van der Waals surface area contributed by atoms with E-state index in [0.29, 0.717) is 0 Å². The van der Waals surface area contributed by atoms with E-state index in [1.54, 1.807) is 0 Å². The van der Waals surface area contributed by atoms with Gasteiger partial charge in [-0.15, -0.1) is 0 Å². The second kappa shape index (κ2) is 3.47. The summed E-state index contributed by atoms with van der Waals surface area (Å²) in [7, 11) is -3.59. The monoisotopic (exact) mass is 179 g/mol. The number of carbonyl (C=O) groups is 1. The third kappa shape index (κ3) is 5.53. The van der Waals surface area contributed by atoms with Gasteiger partial charge in [-0.2, -0.15) is 8.42 Å². The van der Waals surface area contributed by atoms with Crippen molar-refractivity contribution in [3.8, 4) is 0 Å². The van der Waals surface area contributed by atoms with E-state index in [1.807, 2.05) is 0 Å². The molecule has 0 saturated heterocycles. The quantitative estimate of drug-likeness (QED) is 0.449. The van der Waals surface area contributed by atoms with Crippen LogP contribution in [0.5, 0.6) is 0 Å². The SMILES string of the molecule is CC(=O)/C(C)=N/OS(C)(=O)=O. The number of rotatable bonds is 3. The maximum Gasteiger partial charge on any atom is 0.325 e. The molecule has 0 aromatic carbocycles. The summed E-state index contributed by atoms with van der Waals surface area (Å²) in [5.74, 6) is -0.325. The van der Waals surface area contributed by atoms with Gasteiger partial charge in [-0.3, -0.25) is 9.08 Å². The van der Waals surface area contributed by atoms with E-state index in [4.69, 9.17) is 0 Å². The topological polar surface area (TPSA) is 72.8 Å². The molecule has 0 fully saturated rings. The summed E-state index contributed by atoms with van der Waals surface area (Å²) in [5, 5.41) is 3.07. The van der Waals surface area contributed by atoms with Crippen molar-refractivity contribution < 1.29 is 17.5 Å². The van der Waals surface area contributed by atoms with E-state index in [9.17, 15) is 13.2 Å². The van der Waals surface area contributed by atoms with E-state index in [1.165, 1.54) is 13.8 Å². The third-order valence-corrected chi connectivity index (χ3v) is 1.16. The van der Waals surface area contributed by atoms with Crippen LogP contribution in [0.2, 0.25) is 0 Å². The Bertz CT molecular complexity index is 277. The molecular weight excluding hydrogens is 170 g/mol. The van der Waals surface area contributed by atoms with E-state index >= 15 is 0 Å². The van der Waals surface area contributed by atoms with Crippen LogP contribution in [-0.2, 0) is 19.2 Å². The standard InChI is InChI=1S/C5H9NO4S/c1-4(5(2)7)6-10-11(3,8)9/h1-3H3/b6-4+. The van der Waals surface area contributed by atoms with E-state index in [2.05, 4.69) is 9.44 Å². The van der Waals surface area contributed by atoms with Crippen molar-refractivity contribution in [2.45, 2.75) is 13.8 Å². The Kier molecular flexibility index (Phi) is 3.18. The molecule has 0 radical (unpaired) electrons. The second-order valence-corrected chi connectivity index (χ2v) is 3.57. The Morgan fingerprint density at radius 1 is 1.36 bits per heavy atom. The molecule has 0 rings (SSSR count). The minimum absolute atomic E-state index is 0.0235. The highest BCUT2D eigenvalue weighted by Gasteiger charge is 2.02. The average Bonchev–Trinajstić information content (AvgIpc) is 1.80. The molecule has 64 valence electrons. The summed E-state index contributed by atoms with van der Waals surface area (Å²) < 4.78 is 24.6. The molecule has 0 bridgehead atoms. The largest absolute Gasteiger partial charge is 0.325 e. The van der Waals surface area contributed by atoms with Gasteiger partial charge in [0.25, 0.3) is 0 Å². The molecule has 0 N–H and O–H groups in total. The number of nitrogens with zero attached hydrogens (tertiary/aromatic N) is 1. The summed E-state index contributed by atoms with van der Waals surface area (Å²) in [6, 6.07) is 0. The molecule has 6 heteroatoms. The first-order valence-electron chi connectivity index (χ1n) is 2.77.